The number of ether oxygens (including phenoxy) is 2. The zero-order valence-corrected chi connectivity index (χ0v) is 13.4. The fourth-order valence-electron chi connectivity index (χ4n) is 4.04. The Morgan fingerprint density at radius 2 is 1.32 bits per heavy atom. The summed E-state index contributed by atoms with van der Waals surface area (Å²) >= 11 is 5.95. The van der Waals surface area contributed by atoms with Crippen LogP contribution in [0.15, 0.2) is 0 Å². The van der Waals surface area contributed by atoms with Crippen LogP contribution in [0.5, 0.6) is 0 Å². The Kier molecular flexibility index (Phi) is 4.37. The van der Waals surface area contributed by atoms with E-state index in [1.165, 1.54) is 14.2 Å². The number of methoxy groups -OCH3 is 2. The highest BCUT2D eigenvalue weighted by molar-refractivity contribution is 6.27. The predicted octanol–water partition coefficient (Wildman–Crippen LogP) is 1.70. The molecule has 0 radical (unpaired) electrons. The van der Waals surface area contributed by atoms with Crippen LogP contribution in [0.4, 0.5) is 0 Å². The number of alkyl halides is 1. The van der Waals surface area contributed by atoms with Crippen LogP contribution >= 0.6 is 11.6 Å². The second-order valence-electron chi connectivity index (χ2n) is 6.79. The van der Waals surface area contributed by atoms with E-state index < -0.39 is 0 Å². The van der Waals surface area contributed by atoms with Gasteiger partial charge in [0.2, 0.25) is 0 Å². The van der Waals surface area contributed by atoms with E-state index in [1.807, 2.05) is 0 Å². The van der Waals surface area contributed by atoms with Gasteiger partial charge in [0.05, 0.1) is 25.0 Å². The number of carbonyl (C=O) groups excluding carboxylic acids is 4. The van der Waals surface area contributed by atoms with Crippen molar-refractivity contribution < 1.29 is 28.7 Å². The Hall–Kier alpha value is -1.39. The molecule has 22 heavy (non-hydrogen) atoms. The lowest BCUT2D eigenvalue weighted by Crippen LogP contribution is -2.67. The molecule has 0 amide bonds. The van der Waals surface area contributed by atoms with Gasteiger partial charge in [-0.05, 0) is 44.4 Å². The molecule has 4 bridgehead atoms. The Labute approximate surface area is 133 Å². The van der Waals surface area contributed by atoms with Gasteiger partial charge in [0.15, 0.2) is 0 Å². The van der Waals surface area contributed by atoms with Gasteiger partial charge in [-0.25, -0.2) is 0 Å². The maximum Gasteiger partial charge on any atom is 0.373 e. The lowest BCUT2D eigenvalue weighted by Gasteiger charge is -2.65. The molecule has 122 valence electrons. The Morgan fingerprint density at radius 3 is 1.50 bits per heavy atom. The van der Waals surface area contributed by atoms with E-state index in [2.05, 4.69) is 9.47 Å². The van der Waals surface area contributed by atoms with Crippen molar-refractivity contribution >= 4 is 29.7 Å². The fourth-order valence-corrected chi connectivity index (χ4v) is 4.81. The molecule has 0 unspecified atom stereocenters. The van der Waals surface area contributed by atoms with E-state index in [0.29, 0.717) is 0 Å². The average molecular weight is 331 g/mol. The summed E-state index contributed by atoms with van der Waals surface area (Å²) in [5, 5.41) is 0. The molecule has 0 saturated heterocycles. The van der Waals surface area contributed by atoms with E-state index >= 15 is 0 Å². The van der Waals surface area contributed by atoms with Crippen LogP contribution in [0.3, 0.4) is 0 Å². The second kappa shape index (κ2) is 5.67. The summed E-state index contributed by atoms with van der Waals surface area (Å²) in [7, 11) is 2.91. The standard InChI is InChI=1S/C7H9ClO2.C7H10O2.CO2/c1-10-5(9)6-2-7(8,3-6)4-6;1-9-6(8)7-2-5(3-7)4-7;2-1-3/h2-4H2,1H3;5H,2-4H2,1H3;. The largest absolute Gasteiger partial charge is 0.469 e. The zero-order valence-electron chi connectivity index (χ0n) is 12.6. The molecule has 6 fully saturated rings. The van der Waals surface area contributed by atoms with Crippen molar-refractivity contribution in [3.63, 3.8) is 0 Å². The molecule has 6 rings (SSSR count). The maximum absolute atomic E-state index is 11.0. The summed E-state index contributed by atoms with van der Waals surface area (Å²) in [6.07, 6.45) is 6.02. The molecule has 0 aromatic rings. The third kappa shape index (κ3) is 2.55. The third-order valence-corrected chi connectivity index (χ3v) is 5.64. The van der Waals surface area contributed by atoms with Crippen LogP contribution in [0.1, 0.15) is 38.5 Å². The molecule has 7 heteroatoms. The van der Waals surface area contributed by atoms with Crippen molar-refractivity contribution in [3.05, 3.63) is 0 Å². The molecule has 0 aromatic heterocycles. The molecule has 0 heterocycles. The van der Waals surface area contributed by atoms with Crippen molar-refractivity contribution in [1.82, 2.24) is 0 Å². The lowest BCUT2D eigenvalue weighted by molar-refractivity contribution is -0.192. The first-order valence-electron chi connectivity index (χ1n) is 7.14. The number of hydrogen-bond acceptors (Lipinski definition) is 6. The summed E-state index contributed by atoms with van der Waals surface area (Å²) in [4.78, 5) is 38.2. The number of hydrogen-bond donors (Lipinski definition) is 0. The molecule has 0 aromatic carbocycles. The van der Waals surface area contributed by atoms with Gasteiger partial charge in [0.1, 0.15) is 0 Å². The van der Waals surface area contributed by atoms with Gasteiger partial charge < -0.3 is 9.47 Å². The quantitative estimate of drug-likeness (QED) is 0.565. The minimum atomic E-state index is -0.156. The molecule has 0 spiro atoms. The van der Waals surface area contributed by atoms with Crippen molar-refractivity contribution in [3.8, 4) is 0 Å². The number of esters is 2. The molecule has 0 N–H and O–H groups in total. The molecule has 6 nitrogen and oxygen atoms in total. The topological polar surface area (TPSA) is 86.7 Å². The van der Waals surface area contributed by atoms with Crippen LogP contribution in [0.25, 0.3) is 0 Å². The van der Waals surface area contributed by atoms with Crippen molar-refractivity contribution in [1.29, 1.82) is 0 Å². The third-order valence-electron chi connectivity index (χ3n) is 5.24. The summed E-state index contributed by atoms with van der Waals surface area (Å²) in [6, 6.07) is 0. The second-order valence-corrected chi connectivity index (χ2v) is 7.59. The number of rotatable bonds is 2. The highest BCUT2D eigenvalue weighted by Gasteiger charge is 2.71. The Morgan fingerprint density at radius 1 is 0.955 bits per heavy atom. The van der Waals surface area contributed by atoms with Crippen LogP contribution in [-0.2, 0) is 28.7 Å². The smallest absolute Gasteiger partial charge is 0.373 e. The van der Waals surface area contributed by atoms with Gasteiger partial charge in [-0.1, -0.05) is 0 Å². The van der Waals surface area contributed by atoms with E-state index in [4.69, 9.17) is 21.2 Å². The van der Waals surface area contributed by atoms with Gasteiger partial charge in [-0.15, -0.1) is 11.6 Å². The van der Waals surface area contributed by atoms with Crippen LogP contribution < -0.4 is 0 Å². The molecule has 6 saturated carbocycles. The Balaban J connectivity index is 0.000000137. The van der Waals surface area contributed by atoms with Gasteiger partial charge >= 0.3 is 18.1 Å². The molecular formula is C15H19ClO6. The van der Waals surface area contributed by atoms with Crippen molar-refractivity contribution in [2.45, 2.75) is 43.4 Å². The molecule has 6 aliphatic rings. The zero-order chi connectivity index (χ0) is 16.6. The normalized spacial score (nSPS) is 41.0. The molecule has 0 atom stereocenters. The number of halogens is 1. The van der Waals surface area contributed by atoms with E-state index in [0.717, 1.165) is 44.4 Å². The van der Waals surface area contributed by atoms with Crippen LogP contribution in [0, 0.1) is 16.7 Å². The predicted molar refractivity (Wildman–Crippen MR) is 73.7 cm³/mol. The first-order chi connectivity index (χ1) is 10.3. The van der Waals surface area contributed by atoms with E-state index in [-0.39, 0.29) is 33.8 Å². The summed E-state index contributed by atoms with van der Waals surface area (Å²) in [6.45, 7) is 0. The van der Waals surface area contributed by atoms with E-state index in [1.54, 1.807) is 0 Å². The van der Waals surface area contributed by atoms with E-state index in [9.17, 15) is 9.59 Å². The average Bonchev–Trinajstić information content (AvgIpc) is 2.31. The molecule has 6 aliphatic carbocycles. The first kappa shape index (κ1) is 17.0. The van der Waals surface area contributed by atoms with Gasteiger partial charge in [-0.2, -0.15) is 9.59 Å². The summed E-state index contributed by atoms with van der Waals surface area (Å²) in [5.41, 5.74) is -0.143. The minimum Gasteiger partial charge on any atom is -0.469 e. The fraction of sp³-hybridized carbons (Fsp3) is 0.800. The molecule has 0 aliphatic heterocycles. The highest BCUT2D eigenvalue weighted by Crippen LogP contribution is 2.71. The SMILES string of the molecule is COC(=O)C12CC(C1)C2.COC(=O)C12CC(Cl)(C1)C2.O=C=O. The lowest BCUT2D eigenvalue weighted by atomic mass is 9.44. The highest BCUT2D eigenvalue weighted by atomic mass is 35.5. The van der Waals surface area contributed by atoms with Gasteiger partial charge in [-0.3, -0.25) is 9.59 Å². The maximum atomic E-state index is 11.0. The van der Waals surface area contributed by atoms with Gasteiger partial charge in [0.25, 0.3) is 0 Å². The van der Waals surface area contributed by atoms with Crippen molar-refractivity contribution in [2.75, 3.05) is 14.2 Å². The molecular weight excluding hydrogens is 312 g/mol. The van der Waals surface area contributed by atoms with Crippen molar-refractivity contribution in [2.24, 2.45) is 16.7 Å². The minimum absolute atomic E-state index is 0.0133. The first-order valence-corrected chi connectivity index (χ1v) is 7.51. The van der Waals surface area contributed by atoms with Crippen LogP contribution in [0.2, 0.25) is 0 Å². The summed E-state index contributed by atoms with van der Waals surface area (Å²) in [5.74, 6) is 0.809. The monoisotopic (exact) mass is 330 g/mol. The number of carbonyl (C=O) groups is 2. The Bertz CT molecular complexity index is 485. The van der Waals surface area contributed by atoms with Gasteiger partial charge in [0, 0.05) is 4.87 Å². The summed E-state index contributed by atoms with van der Waals surface area (Å²) < 4.78 is 9.30. The van der Waals surface area contributed by atoms with Crippen LogP contribution in [-0.4, -0.2) is 37.2 Å².